The van der Waals surface area contributed by atoms with Crippen LogP contribution in [0.5, 0.6) is 0 Å². The minimum Gasteiger partial charge on any atom is -0.318 e. The fourth-order valence-corrected chi connectivity index (χ4v) is 2.25. The number of rotatable bonds is 2. The molecule has 3 aromatic rings. The number of carbonyl (C=O) groups excluding carboxylic acids is 1. The van der Waals surface area contributed by atoms with E-state index in [1.807, 2.05) is 30.3 Å². The molecule has 3 rings (SSSR count). The van der Waals surface area contributed by atoms with Gasteiger partial charge in [0, 0.05) is 23.2 Å². The van der Waals surface area contributed by atoms with E-state index in [4.69, 9.17) is 0 Å². The lowest BCUT2D eigenvalue weighted by molar-refractivity contribution is 0.102. The van der Waals surface area contributed by atoms with Crippen molar-refractivity contribution >= 4 is 33.8 Å². The first-order chi connectivity index (χ1) is 8.84. The molecule has 0 atom stereocenters. The molecule has 0 aliphatic carbocycles. The van der Waals surface area contributed by atoms with Gasteiger partial charge in [-0.15, -0.1) is 11.3 Å². The van der Waals surface area contributed by atoms with Gasteiger partial charge in [0.05, 0.1) is 11.2 Å². The summed E-state index contributed by atoms with van der Waals surface area (Å²) >= 11 is 1.31. The molecule has 2 heterocycles. The van der Waals surface area contributed by atoms with Gasteiger partial charge in [-0.25, -0.2) is 4.98 Å². The van der Waals surface area contributed by atoms with E-state index in [2.05, 4.69) is 15.3 Å². The summed E-state index contributed by atoms with van der Waals surface area (Å²) in [5, 5.41) is 6.05. The highest BCUT2D eigenvalue weighted by Crippen LogP contribution is 2.21. The molecule has 0 radical (unpaired) electrons. The maximum Gasteiger partial charge on any atom is 0.284 e. The molecule has 0 fully saturated rings. The Morgan fingerprint density at radius 3 is 2.83 bits per heavy atom. The van der Waals surface area contributed by atoms with E-state index in [-0.39, 0.29) is 5.91 Å². The number of pyridine rings is 1. The lowest BCUT2D eigenvalue weighted by Crippen LogP contribution is -2.11. The average molecular weight is 255 g/mol. The summed E-state index contributed by atoms with van der Waals surface area (Å²) in [7, 11) is 0. The number of nitrogens with one attached hydrogen (secondary N) is 1. The zero-order chi connectivity index (χ0) is 12.4. The molecule has 4 nitrogen and oxygen atoms in total. The number of anilines is 1. The lowest BCUT2D eigenvalue weighted by atomic mass is 10.2. The molecule has 1 aromatic carbocycles. The third-order valence-corrected chi connectivity index (χ3v) is 3.28. The quantitative estimate of drug-likeness (QED) is 0.766. The third kappa shape index (κ3) is 1.96. The molecule has 5 heteroatoms. The molecular weight excluding hydrogens is 246 g/mol. The van der Waals surface area contributed by atoms with Gasteiger partial charge in [0.25, 0.3) is 5.91 Å². The second-order valence-electron chi connectivity index (χ2n) is 3.67. The maximum atomic E-state index is 11.9. The molecule has 0 aliphatic rings. The van der Waals surface area contributed by atoms with Gasteiger partial charge in [-0.1, -0.05) is 18.2 Å². The summed E-state index contributed by atoms with van der Waals surface area (Å²) in [6.07, 6.45) is 3.32. The zero-order valence-corrected chi connectivity index (χ0v) is 10.1. The topological polar surface area (TPSA) is 54.9 Å². The van der Waals surface area contributed by atoms with Crippen molar-refractivity contribution in [3.8, 4) is 0 Å². The predicted octanol–water partition coefficient (Wildman–Crippen LogP) is 2.94. The Morgan fingerprint density at radius 1 is 1.11 bits per heavy atom. The predicted molar refractivity (Wildman–Crippen MR) is 71.8 cm³/mol. The molecule has 0 saturated heterocycles. The maximum absolute atomic E-state index is 11.9. The van der Waals surface area contributed by atoms with E-state index < -0.39 is 0 Å². The number of thiazole rings is 1. The normalized spacial score (nSPS) is 10.4. The molecule has 0 bridgehead atoms. The van der Waals surface area contributed by atoms with Crippen molar-refractivity contribution < 1.29 is 4.79 Å². The van der Waals surface area contributed by atoms with E-state index in [1.54, 1.807) is 17.8 Å². The van der Waals surface area contributed by atoms with Crippen molar-refractivity contribution in [3.05, 3.63) is 53.1 Å². The summed E-state index contributed by atoms with van der Waals surface area (Å²) in [6, 6.07) is 9.51. The Hall–Kier alpha value is -2.27. The standard InChI is InChI=1S/C13H9N3OS/c17-12(13-15-7-8-18-13)16-10-5-1-3-9-4-2-6-14-11(9)10/h1-8H,(H,16,17). The van der Waals surface area contributed by atoms with Gasteiger partial charge in [0.2, 0.25) is 0 Å². The highest BCUT2D eigenvalue weighted by atomic mass is 32.1. The number of aromatic nitrogens is 2. The number of fused-ring (bicyclic) bond motifs is 1. The minimum atomic E-state index is -0.205. The number of carbonyl (C=O) groups is 1. The van der Waals surface area contributed by atoms with Crippen LogP contribution >= 0.6 is 11.3 Å². The number of nitrogens with zero attached hydrogens (tertiary/aromatic N) is 2. The van der Waals surface area contributed by atoms with Gasteiger partial charge >= 0.3 is 0 Å². The highest BCUT2D eigenvalue weighted by Gasteiger charge is 2.10. The molecule has 0 aliphatic heterocycles. The van der Waals surface area contributed by atoms with E-state index in [0.29, 0.717) is 10.7 Å². The largest absolute Gasteiger partial charge is 0.318 e. The van der Waals surface area contributed by atoms with Gasteiger partial charge in [0.15, 0.2) is 5.01 Å². The van der Waals surface area contributed by atoms with Crippen LogP contribution in [-0.2, 0) is 0 Å². The van der Waals surface area contributed by atoms with Crippen molar-refractivity contribution in [1.29, 1.82) is 0 Å². The molecule has 0 saturated carbocycles. The molecule has 0 unspecified atom stereocenters. The van der Waals surface area contributed by atoms with Crippen LogP contribution in [0.4, 0.5) is 5.69 Å². The molecule has 88 valence electrons. The minimum absolute atomic E-state index is 0.205. The van der Waals surface area contributed by atoms with Crippen molar-refractivity contribution in [1.82, 2.24) is 9.97 Å². The first kappa shape index (κ1) is 10.9. The molecule has 1 N–H and O–H groups in total. The van der Waals surface area contributed by atoms with Crippen LogP contribution in [0.1, 0.15) is 9.80 Å². The van der Waals surface area contributed by atoms with Crippen LogP contribution in [0.25, 0.3) is 10.9 Å². The second-order valence-corrected chi connectivity index (χ2v) is 4.57. The SMILES string of the molecule is O=C(Nc1cccc2cccnc12)c1nccs1. The fraction of sp³-hybridized carbons (Fsp3) is 0. The smallest absolute Gasteiger partial charge is 0.284 e. The van der Waals surface area contributed by atoms with Gasteiger partial charge in [-0.05, 0) is 12.1 Å². The van der Waals surface area contributed by atoms with Gasteiger partial charge in [-0.3, -0.25) is 9.78 Å². The first-order valence-electron chi connectivity index (χ1n) is 5.39. The van der Waals surface area contributed by atoms with Crippen molar-refractivity contribution in [3.63, 3.8) is 0 Å². The Labute approximate surface area is 107 Å². The number of para-hydroxylation sites is 1. The molecular formula is C13H9N3OS. The Morgan fingerprint density at radius 2 is 2.00 bits per heavy atom. The number of hydrogen-bond acceptors (Lipinski definition) is 4. The lowest BCUT2D eigenvalue weighted by Gasteiger charge is -2.06. The third-order valence-electron chi connectivity index (χ3n) is 2.51. The second kappa shape index (κ2) is 4.54. The van der Waals surface area contributed by atoms with E-state index >= 15 is 0 Å². The summed E-state index contributed by atoms with van der Waals surface area (Å²) in [6.45, 7) is 0. The summed E-state index contributed by atoms with van der Waals surface area (Å²) in [5.41, 5.74) is 1.48. The molecule has 2 aromatic heterocycles. The fourth-order valence-electron chi connectivity index (χ4n) is 1.72. The van der Waals surface area contributed by atoms with Crippen molar-refractivity contribution in [2.75, 3.05) is 5.32 Å². The van der Waals surface area contributed by atoms with Crippen LogP contribution in [0.3, 0.4) is 0 Å². The zero-order valence-electron chi connectivity index (χ0n) is 9.33. The van der Waals surface area contributed by atoms with Crippen LogP contribution < -0.4 is 5.32 Å². The van der Waals surface area contributed by atoms with Crippen molar-refractivity contribution in [2.45, 2.75) is 0 Å². The molecule has 18 heavy (non-hydrogen) atoms. The Balaban J connectivity index is 1.98. The monoisotopic (exact) mass is 255 g/mol. The number of hydrogen-bond donors (Lipinski definition) is 1. The molecule has 1 amide bonds. The highest BCUT2D eigenvalue weighted by molar-refractivity contribution is 7.11. The van der Waals surface area contributed by atoms with E-state index in [9.17, 15) is 4.79 Å². The molecule has 0 spiro atoms. The number of benzene rings is 1. The van der Waals surface area contributed by atoms with Crippen LogP contribution in [0.15, 0.2) is 48.1 Å². The van der Waals surface area contributed by atoms with Gasteiger partial charge in [-0.2, -0.15) is 0 Å². The van der Waals surface area contributed by atoms with Crippen LogP contribution in [0, 0.1) is 0 Å². The van der Waals surface area contributed by atoms with E-state index in [1.165, 1.54) is 11.3 Å². The Kier molecular flexibility index (Phi) is 2.74. The van der Waals surface area contributed by atoms with Crippen LogP contribution in [-0.4, -0.2) is 15.9 Å². The average Bonchev–Trinajstić information content (AvgIpc) is 2.93. The summed E-state index contributed by atoms with van der Waals surface area (Å²) in [4.78, 5) is 20.2. The summed E-state index contributed by atoms with van der Waals surface area (Å²) < 4.78 is 0. The van der Waals surface area contributed by atoms with Gasteiger partial charge < -0.3 is 5.32 Å². The Bertz CT molecular complexity index is 689. The van der Waals surface area contributed by atoms with E-state index in [0.717, 1.165) is 10.9 Å². The number of amides is 1. The first-order valence-corrected chi connectivity index (χ1v) is 6.27. The van der Waals surface area contributed by atoms with Crippen molar-refractivity contribution in [2.24, 2.45) is 0 Å². The van der Waals surface area contributed by atoms with Crippen LogP contribution in [0.2, 0.25) is 0 Å². The van der Waals surface area contributed by atoms with Gasteiger partial charge in [0.1, 0.15) is 0 Å². The summed E-state index contributed by atoms with van der Waals surface area (Å²) in [5.74, 6) is -0.205.